The highest BCUT2D eigenvalue weighted by Crippen LogP contribution is 2.42. The summed E-state index contributed by atoms with van der Waals surface area (Å²) in [6.45, 7) is 2.70. The van der Waals surface area contributed by atoms with Crippen molar-refractivity contribution in [2.75, 3.05) is 6.54 Å². The maximum atomic E-state index is 12.9. The number of hydrogen-bond donors (Lipinski definition) is 1. The molecule has 0 aromatic heterocycles. The minimum Gasteiger partial charge on any atom is -0.446 e. The molecular formula is C22H27NO2. The standard InChI is InChI=1S/C22H27NO2/c1-18(23-17-14-19-10-4-2-5-11-19)25-21(24)22(15-8-9-16-22)20-12-6-3-7-13-20/h2-7,10-13,18,23H,8-9,14-17H2,1H3. The van der Waals surface area contributed by atoms with Crippen molar-refractivity contribution in [3.8, 4) is 0 Å². The van der Waals surface area contributed by atoms with Gasteiger partial charge in [0.05, 0.1) is 5.41 Å². The van der Waals surface area contributed by atoms with E-state index in [2.05, 4.69) is 29.6 Å². The summed E-state index contributed by atoms with van der Waals surface area (Å²) in [4.78, 5) is 12.9. The third-order valence-electron chi connectivity index (χ3n) is 5.15. The number of nitrogens with one attached hydrogen (secondary N) is 1. The van der Waals surface area contributed by atoms with Crippen molar-refractivity contribution in [1.82, 2.24) is 5.32 Å². The zero-order chi connectivity index (χ0) is 17.5. The van der Waals surface area contributed by atoms with E-state index in [0.29, 0.717) is 0 Å². The lowest BCUT2D eigenvalue weighted by Gasteiger charge is -2.29. The summed E-state index contributed by atoms with van der Waals surface area (Å²) in [7, 11) is 0. The summed E-state index contributed by atoms with van der Waals surface area (Å²) in [6, 6.07) is 20.4. The van der Waals surface area contributed by atoms with Gasteiger partial charge in [0.15, 0.2) is 6.23 Å². The summed E-state index contributed by atoms with van der Waals surface area (Å²) in [5, 5.41) is 3.31. The van der Waals surface area contributed by atoms with Crippen molar-refractivity contribution in [2.45, 2.75) is 50.7 Å². The molecule has 0 heterocycles. The summed E-state index contributed by atoms with van der Waals surface area (Å²) in [6.07, 6.45) is 4.57. The van der Waals surface area contributed by atoms with Crippen LogP contribution in [-0.2, 0) is 21.4 Å². The molecule has 1 unspecified atom stereocenters. The summed E-state index contributed by atoms with van der Waals surface area (Å²) in [5.74, 6) is -0.0871. The predicted molar refractivity (Wildman–Crippen MR) is 100 cm³/mol. The molecule has 1 atom stereocenters. The van der Waals surface area contributed by atoms with Crippen LogP contribution in [0.5, 0.6) is 0 Å². The molecule has 0 amide bonds. The van der Waals surface area contributed by atoms with Gasteiger partial charge in [0.1, 0.15) is 0 Å². The van der Waals surface area contributed by atoms with Crippen LogP contribution in [0.25, 0.3) is 0 Å². The van der Waals surface area contributed by atoms with Crippen molar-refractivity contribution in [1.29, 1.82) is 0 Å². The van der Waals surface area contributed by atoms with E-state index >= 15 is 0 Å². The maximum Gasteiger partial charge on any atom is 0.318 e. The summed E-state index contributed by atoms with van der Waals surface area (Å²) < 4.78 is 5.78. The van der Waals surface area contributed by atoms with Crippen LogP contribution in [0.1, 0.15) is 43.7 Å². The van der Waals surface area contributed by atoms with Gasteiger partial charge in [-0.25, -0.2) is 0 Å². The van der Waals surface area contributed by atoms with E-state index in [1.165, 1.54) is 5.56 Å². The SMILES string of the molecule is CC(NCCc1ccccc1)OC(=O)C1(c2ccccc2)CCCC1. The molecule has 3 heteroatoms. The molecule has 0 spiro atoms. The molecule has 0 bridgehead atoms. The van der Waals surface area contributed by atoms with Gasteiger partial charge in [-0.1, -0.05) is 73.5 Å². The molecule has 132 valence electrons. The second-order valence-electron chi connectivity index (χ2n) is 6.89. The zero-order valence-electron chi connectivity index (χ0n) is 14.9. The lowest BCUT2D eigenvalue weighted by atomic mass is 9.79. The van der Waals surface area contributed by atoms with Crippen LogP contribution < -0.4 is 5.32 Å². The van der Waals surface area contributed by atoms with Gasteiger partial charge in [0, 0.05) is 6.54 Å². The molecule has 3 rings (SSSR count). The van der Waals surface area contributed by atoms with Crippen molar-refractivity contribution in [2.24, 2.45) is 0 Å². The quantitative estimate of drug-likeness (QED) is 0.607. The first-order valence-electron chi connectivity index (χ1n) is 9.25. The molecule has 2 aromatic rings. The van der Waals surface area contributed by atoms with Gasteiger partial charge in [0.2, 0.25) is 0 Å². The van der Waals surface area contributed by atoms with Crippen LogP contribution in [0.4, 0.5) is 0 Å². The Balaban J connectivity index is 1.56. The summed E-state index contributed by atoms with van der Waals surface area (Å²) in [5.41, 5.74) is 1.91. The second kappa shape index (κ2) is 8.30. The molecule has 25 heavy (non-hydrogen) atoms. The van der Waals surface area contributed by atoms with Gasteiger partial charge in [-0.05, 0) is 37.3 Å². The van der Waals surface area contributed by atoms with Gasteiger partial charge >= 0.3 is 5.97 Å². The number of ether oxygens (including phenoxy) is 1. The first-order chi connectivity index (χ1) is 12.2. The zero-order valence-corrected chi connectivity index (χ0v) is 14.9. The number of carbonyl (C=O) groups excluding carboxylic acids is 1. The largest absolute Gasteiger partial charge is 0.446 e. The fraction of sp³-hybridized carbons (Fsp3) is 0.409. The Morgan fingerprint density at radius 3 is 2.28 bits per heavy atom. The average Bonchev–Trinajstić information content (AvgIpc) is 3.14. The normalized spacial score (nSPS) is 17.2. The fourth-order valence-electron chi connectivity index (χ4n) is 3.73. The first kappa shape index (κ1) is 17.7. The monoisotopic (exact) mass is 337 g/mol. The van der Waals surface area contributed by atoms with Crippen LogP contribution in [0.2, 0.25) is 0 Å². The first-order valence-corrected chi connectivity index (χ1v) is 9.25. The topological polar surface area (TPSA) is 38.3 Å². The summed E-state index contributed by atoms with van der Waals surface area (Å²) >= 11 is 0. The van der Waals surface area contributed by atoms with Crippen molar-refractivity contribution < 1.29 is 9.53 Å². The Bertz CT molecular complexity index is 663. The Labute approximate surface area is 150 Å². The lowest BCUT2D eigenvalue weighted by molar-refractivity contribution is -0.156. The molecule has 0 radical (unpaired) electrons. The molecule has 1 N–H and O–H groups in total. The van der Waals surface area contributed by atoms with E-state index < -0.39 is 5.41 Å². The molecule has 1 saturated carbocycles. The van der Waals surface area contributed by atoms with Crippen LogP contribution >= 0.6 is 0 Å². The number of benzene rings is 2. The Morgan fingerprint density at radius 2 is 1.64 bits per heavy atom. The van der Waals surface area contributed by atoms with Crippen LogP contribution in [0.3, 0.4) is 0 Å². The highest BCUT2D eigenvalue weighted by atomic mass is 16.6. The fourth-order valence-corrected chi connectivity index (χ4v) is 3.73. The van der Waals surface area contributed by atoms with Gasteiger partial charge in [-0.3, -0.25) is 10.1 Å². The van der Waals surface area contributed by atoms with Gasteiger partial charge < -0.3 is 4.74 Å². The molecule has 3 nitrogen and oxygen atoms in total. The van der Waals surface area contributed by atoms with E-state index in [1.807, 2.05) is 43.3 Å². The van der Waals surface area contributed by atoms with Crippen LogP contribution in [0, 0.1) is 0 Å². The average molecular weight is 337 g/mol. The molecular weight excluding hydrogens is 310 g/mol. The van der Waals surface area contributed by atoms with Crippen molar-refractivity contribution >= 4 is 5.97 Å². The number of carbonyl (C=O) groups is 1. The van der Waals surface area contributed by atoms with Gasteiger partial charge in [0.25, 0.3) is 0 Å². The van der Waals surface area contributed by atoms with E-state index in [0.717, 1.165) is 44.2 Å². The molecule has 0 aliphatic heterocycles. The van der Waals surface area contributed by atoms with Crippen LogP contribution in [-0.4, -0.2) is 18.7 Å². The van der Waals surface area contributed by atoms with E-state index in [4.69, 9.17) is 4.74 Å². The Kier molecular flexibility index (Phi) is 5.87. The molecule has 1 aliphatic carbocycles. The highest BCUT2D eigenvalue weighted by molar-refractivity contribution is 5.83. The Morgan fingerprint density at radius 1 is 1.04 bits per heavy atom. The lowest BCUT2D eigenvalue weighted by Crippen LogP contribution is -2.41. The highest BCUT2D eigenvalue weighted by Gasteiger charge is 2.44. The van der Waals surface area contributed by atoms with Crippen molar-refractivity contribution in [3.05, 3.63) is 71.8 Å². The van der Waals surface area contributed by atoms with Gasteiger partial charge in [-0.15, -0.1) is 0 Å². The minimum atomic E-state index is -0.462. The number of hydrogen-bond acceptors (Lipinski definition) is 3. The third kappa shape index (κ3) is 4.29. The van der Waals surface area contributed by atoms with E-state index in [9.17, 15) is 4.79 Å². The number of rotatable bonds is 7. The number of esters is 1. The molecule has 1 fully saturated rings. The molecule has 2 aromatic carbocycles. The molecule has 1 aliphatic rings. The van der Waals surface area contributed by atoms with E-state index in [1.54, 1.807) is 0 Å². The maximum absolute atomic E-state index is 12.9. The second-order valence-corrected chi connectivity index (χ2v) is 6.89. The Hall–Kier alpha value is -2.13. The predicted octanol–water partition coefficient (Wildman–Crippen LogP) is 4.22. The van der Waals surface area contributed by atoms with Gasteiger partial charge in [-0.2, -0.15) is 0 Å². The van der Waals surface area contributed by atoms with E-state index in [-0.39, 0.29) is 12.2 Å². The van der Waals surface area contributed by atoms with Crippen molar-refractivity contribution in [3.63, 3.8) is 0 Å². The third-order valence-corrected chi connectivity index (χ3v) is 5.15. The minimum absolute atomic E-state index is 0.0871. The smallest absolute Gasteiger partial charge is 0.318 e. The van der Waals surface area contributed by atoms with Crippen LogP contribution in [0.15, 0.2) is 60.7 Å². The molecule has 0 saturated heterocycles.